The summed E-state index contributed by atoms with van der Waals surface area (Å²) in [4.78, 5) is 13.9. The van der Waals surface area contributed by atoms with Crippen LogP contribution in [-0.4, -0.2) is 47.8 Å². The van der Waals surface area contributed by atoms with E-state index in [1.807, 2.05) is 4.90 Å². The summed E-state index contributed by atoms with van der Waals surface area (Å²) < 4.78 is 5.47. The number of aliphatic hydroxyl groups excluding tert-OH is 1. The lowest BCUT2D eigenvalue weighted by atomic mass is 9.91. The van der Waals surface area contributed by atoms with Crippen molar-refractivity contribution in [2.24, 2.45) is 0 Å². The van der Waals surface area contributed by atoms with Crippen molar-refractivity contribution >= 4 is 5.91 Å². The first-order valence-electron chi connectivity index (χ1n) is 6.33. The van der Waals surface area contributed by atoms with Gasteiger partial charge in [-0.25, -0.2) is 0 Å². The zero-order valence-corrected chi connectivity index (χ0v) is 9.73. The number of ether oxygens (including phenoxy) is 1. The molecule has 2 fully saturated rings. The van der Waals surface area contributed by atoms with Gasteiger partial charge in [-0.1, -0.05) is 0 Å². The van der Waals surface area contributed by atoms with E-state index in [1.165, 1.54) is 6.42 Å². The summed E-state index contributed by atoms with van der Waals surface area (Å²) in [5.74, 6) is 0.158. The molecule has 92 valence electrons. The van der Waals surface area contributed by atoms with Crippen molar-refractivity contribution in [2.45, 2.75) is 50.7 Å². The Morgan fingerprint density at radius 1 is 1.31 bits per heavy atom. The van der Waals surface area contributed by atoms with Gasteiger partial charge in [0.05, 0.1) is 19.1 Å². The van der Waals surface area contributed by atoms with E-state index in [9.17, 15) is 4.79 Å². The third kappa shape index (κ3) is 2.74. The van der Waals surface area contributed by atoms with Gasteiger partial charge < -0.3 is 14.7 Å². The van der Waals surface area contributed by atoms with Crippen LogP contribution in [-0.2, 0) is 9.53 Å². The molecular formula is C12H21NO3. The van der Waals surface area contributed by atoms with Gasteiger partial charge in [-0.3, -0.25) is 4.79 Å². The Labute approximate surface area is 96.6 Å². The van der Waals surface area contributed by atoms with Gasteiger partial charge >= 0.3 is 0 Å². The van der Waals surface area contributed by atoms with Crippen LogP contribution in [0.25, 0.3) is 0 Å². The minimum Gasteiger partial charge on any atom is -0.395 e. The van der Waals surface area contributed by atoms with Crippen molar-refractivity contribution in [3.05, 3.63) is 0 Å². The van der Waals surface area contributed by atoms with Crippen LogP contribution >= 0.6 is 0 Å². The quantitative estimate of drug-likeness (QED) is 0.760. The van der Waals surface area contributed by atoms with Gasteiger partial charge in [0.1, 0.15) is 0 Å². The molecule has 0 aromatic carbocycles. The molecule has 1 aliphatic carbocycles. The molecule has 0 bridgehead atoms. The summed E-state index contributed by atoms with van der Waals surface area (Å²) in [6.45, 7) is 1.34. The van der Waals surface area contributed by atoms with Crippen molar-refractivity contribution in [1.82, 2.24) is 4.90 Å². The van der Waals surface area contributed by atoms with Gasteiger partial charge in [-0.05, 0) is 32.1 Å². The molecule has 0 spiro atoms. The van der Waals surface area contributed by atoms with Crippen LogP contribution in [0.1, 0.15) is 38.5 Å². The maximum absolute atomic E-state index is 12.1. The standard InChI is InChI=1S/C12H21NO3/c14-7-6-13(10-3-1-4-10)12(15)9-11-5-2-8-16-11/h10-11,14H,1-9H2. The molecule has 4 nitrogen and oxygen atoms in total. The number of rotatable bonds is 5. The van der Waals surface area contributed by atoms with Crippen molar-refractivity contribution in [3.63, 3.8) is 0 Å². The first-order chi connectivity index (χ1) is 7.81. The van der Waals surface area contributed by atoms with Crippen LogP contribution in [0.2, 0.25) is 0 Å². The lowest BCUT2D eigenvalue weighted by molar-refractivity contribution is -0.138. The van der Waals surface area contributed by atoms with Crippen molar-refractivity contribution in [2.75, 3.05) is 19.8 Å². The normalized spacial score (nSPS) is 25.4. The van der Waals surface area contributed by atoms with E-state index in [1.54, 1.807) is 0 Å². The van der Waals surface area contributed by atoms with E-state index >= 15 is 0 Å². The van der Waals surface area contributed by atoms with Crippen LogP contribution in [0.4, 0.5) is 0 Å². The number of carbonyl (C=O) groups is 1. The third-order valence-electron chi connectivity index (χ3n) is 3.60. The van der Waals surface area contributed by atoms with E-state index in [0.717, 1.165) is 32.3 Å². The Bertz CT molecular complexity index is 234. The van der Waals surface area contributed by atoms with Gasteiger partial charge in [-0.15, -0.1) is 0 Å². The highest BCUT2D eigenvalue weighted by Gasteiger charge is 2.30. The van der Waals surface area contributed by atoms with Gasteiger partial charge in [0, 0.05) is 19.2 Å². The molecule has 2 aliphatic rings. The Balaban J connectivity index is 1.82. The highest BCUT2D eigenvalue weighted by Crippen LogP contribution is 2.26. The molecule has 1 unspecified atom stereocenters. The summed E-state index contributed by atoms with van der Waals surface area (Å²) in [6, 6.07) is 0.376. The first-order valence-corrected chi connectivity index (χ1v) is 6.33. The second-order valence-corrected chi connectivity index (χ2v) is 4.73. The van der Waals surface area contributed by atoms with E-state index in [0.29, 0.717) is 19.0 Å². The topological polar surface area (TPSA) is 49.8 Å². The maximum Gasteiger partial charge on any atom is 0.225 e. The Morgan fingerprint density at radius 2 is 2.12 bits per heavy atom. The van der Waals surface area contributed by atoms with E-state index < -0.39 is 0 Å². The summed E-state index contributed by atoms with van der Waals surface area (Å²) in [7, 11) is 0. The molecule has 16 heavy (non-hydrogen) atoms. The first kappa shape index (κ1) is 11.9. The van der Waals surface area contributed by atoms with Crippen LogP contribution in [0.3, 0.4) is 0 Å². The minimum absolute atomic E-state index is 0.0633. The number of hydrogen-bond donors (Lipinski definition) is 1. The van der Waals surface area contributed by atoms with E-state index in [-0.39, 0.29) is 18.6 Å². The Hall–Kier alpha value is -0.610. The molecule has 1 saturated carbocycles. The van der Waals surface area contributed by atoms with Crippen LogP contribution < -0.4 is 0 Å². The number of carbonyl (C=O) groups excluding carboxylic acids is 1. The fraction of sp³-hybridized carbons (Fsp3) is 0.917. The summed E-state index contributed by atoms with van der Waals surface area (Å²) in [5, 5.41) is 8.99. The average molecular weight is 227 g/mol. The highest BCUT2D eigenvalue weighted by atomic mass is 16.5. The minimum atomic E-state index is 0.0633. The molecular weight excluding hydrogens is 206 g/mol. The van der Waals surface area contributed by atoms with Crippen molar-refractivity contribution < 1.29 is 14.6 Å². The highest BCUT2D eigenvalue weighted by molar-refractivity contribution is 5.77. The number of nitrogens with zero attached hydrogens (tertiary/aromatic N) is 1. The molecule has 4 heteroatoms. The average Bonchev–Trinajstić information content (AvgIpc) is 2.67. The van der Waals surface area contributed by atoms with Gasteiger partial charge in [0.25, 0.3) is 0 Å². The Kier molecular flexibility index (Phi) is 4.18. The van der Waals surface area contributed by atoms with Gasteiger partial charge in [-0.2, -0.15) is 0 Å². The molecule has 0 aromatic heterocycles. The monoisotopic (exact) mass is 227 g/mol. The number of aliphatic hydroxyl groups is 1. The lowest BCUT2D eigenvalue weighted by Gasteiger charge is -2.37. The SMILES string of the molecule is O=C(CC1CCCO1)N(CCO)C1CCC1. The molecule has 0 aromatic rings. The number of hydrogen-bond acceptors (Lipinski definition) is 3. The molecule has 1 aliphatic heterocycles. The molecule has 1 amide bonds. The second-order valence-electron chi connectivity index (χ2n) is 4.73. The number of amides is 1. The van der Waals surface area contributed by atoms with Crippen molar-refractivity contribution in [3.8, 4) is 0 Å². The largest absolute Gasteiger partial charge is 0.395 e. The lowest BCUT2D eigenvalue weighted by Crippen LogP contribution is -2.46. The summed E-state index contributed by atoms with van der Waals surface area (Å²) >= 11 is 0. The van der Waals surface area contributed by atoms with Crippen molar-refractivity contribution in [1.29, 1.82) is 0 Å². The maximum atomic E-state index is 12.1. The van der Waals surface area contributed by atoms with Gasteiger partial charge in [0.15, 0.2) is 0 Å². The second kappa shape index (κ2) is 5.64. The van der Waals surface area contributed by atoms with Crippen LogP contribution in [0.15, 0.2) is 0 Å². The molecule has 2 rings (SSSR count). The summed E-state index contributed by atoms with van der Waals surface area (Å²) in [6.07, 6.45) is 6.09. The molecule has 1 heterocycles. The third-order valence-corrected chi connectivity index (χ3v) is 3.60. The fourth-order valence-electron chi connectivity index (χ4n) is 2.43. The molecule has 1 N–H and O–H groups in total. The molecule has 1 saturated heterocycles. The smallest absolute Gasteiger partial charge is 0.225 e. The Morgan fingerprint density at radius 3 is 2.62 bits per heavy atom. The predicted molar refractivity (Wildman–Crippen MR) is 60.0 cm³/mol. The zero-order chi connectivity index (χ0) is 11.4. The van der Waals surface area contributed by atoms with Gasteiger partial charge in [0.2, 0.25) is 5.91 Å². The van der Waals surface area contributed by atoms with E-state index in [2.05, 4.69) is 0 Å². The zero-order valence-electron chi connectivity index (χ0n) is 9.73. The fourth-order valence-corrected chi connectivity index (χ4v) is 2.43. The van der Waals surface area contributed by atoms with Crippen LogP contribution in [0, 0.1) is 0 Å². The van der Waals surface area contributed by atoms with Crippen LogP contribution in [0.5, 0.6) is 0 Å². The molecule has 0 radical (unpaired) electrons. The molecule has 1 atom stereocenters. The predicted octanol–water partition coefficient (Wildman–Crippen LogP) is 0.929. The summed E-state index contributed by atoms with van der Waals surface area (Å²) in [5.41, 5.74) is 0. The van der Waals surface area contributed by atoms with E-state index in [4.69, 9.17) is 9.84 Å².